The number of hydrogen-bond donors (Lipinski definition) is 1. The van der Waals surface area contributed by atoms with Crippen LogP contribution < -0.4 is 5.73 Å². The Kier molecular flexibility index (Phi) is 3.85. The Labute approximate surface area is 112 Å². The van der Waals surface area contributed by atoms with Crippen LogP contribution in [0.1, 0.15) is 21.7 Å². The summed E-state index contributed by atoms with van der Waals surface area (Å²) in [6.07, 6.45) is 3.57. The number of imidazole rings is 1. The van der Waals surface area contributed by atoms with E-state index in [1.54, 1.807) is 18.3 Å². The number of esters is 1. The first-order valence-corrected chi connectivity index (χ1v) is 6.09. The van der Waals surface area contributed by atoms with E-state index in [1.165, 1.54) is 0 Å². The molecule has 2 aromatic rings. The molecule has 1 aromatic heterocycles. The Morgan fingerprint density at radius 2 is 2.21 bits per heavy atom. The van der Waals surface area contributed by atoms with Gasteiger partial charge in [-0.25, -0.2) is 9.78 Å². The first-order valence-electron chi connectivity index (χ1n) is 6.09. The van der Waals surface area contributed by atoms with E-state index in [1.807, 2.05) is 30.7 Å². The van der Waals surface area contributed by atoms with Gasteiger partial charge in [0.25, 0.3) is 0 Å². The number of benzene rings is 1. The average molecular weight is 259 g/mol. The Bertz CT molecular complexity index is 590. The molecule has 0 amide bonds. The summed E-state index contributed by atoms with van der Waals surface area (Å²) in [6.45, 7) is 4.69. The van der Waals surface area contributed by atoms with Crippen molar-refractivity contribution in [3.05, 3.63) is 47.5 Å². The van der Waals surface area contributed by atoms with E-state index in [0.29, 0.717) is 24.4 Å². The van der Waals surface area contributed by atoms with Gasteiger partial charge < -0.3 is 15.0 Å². The van der Waals surface area contributed by atoms with Crippen LogP contribution in [0.4, 0.5) is 5.69 Å². The molecule has 0 saturated carbocycles. The van der Waals surface area contributed by atoms with Crippen LogP contribution in [-0.2, 0) is 11.3 Å². The molecule has 5 heteroatoms. The number of nitrogen functional groups attached to an aromatic ring is 1. The van der Waals surface area contributed by atoms with E-state index < -0.39 is 0 Å². The molecule has 2 rings (SSSR count). The summed E-state index contributed by atoms with van der Waals surface area (Å²) in [4.78, 5) is 16.0. The lowest BCUT2D eigenvalue weighted by Gasteiger charge is -2.09. The molecule has 5 nitrogen and oxygen atoms in total. The maximum absolute atomic E-state index is 11.9. The monoisotopic (exact) mass is 259 g/mol. The predicted molar refractivity (Wildman–Crippen MR) is 72.8 cm³/mol. The SMILES string of the molecule is Cc1ccc(N)c(C(=O)OCCn2ccnc2C)c1. The zero-order chi connectivity index (χ0) is 13.8. The van der Waals surface area contributed by atoms with Gasteiger partial charge in [0.1, 0.15) is 12.4 Å². The van der Waals surface area contributed by atoms with Crippen molar-refractivity contribution in [1.82, 2.24) is 9.55 Å². The molecule has 0 bridgehead atoms. The molecular formula is C14H17N3O2. The second-order valence-corrected chi connectivity index (χ2v) is 4.39. The third-order valence-electron chi connectivity index (χ3n) is 2.92. The lowest BCUT2D eigenvalue weighted by molar-refractivity contribution is 0.0492. The highest BCUT2D eigenvalue weighted by Crippen LogP contribution is 2.14. The normalized spacial score (nSPS) is 10.4. The summed E-state index contributed by atoms with van der Waals surface area (Å²) in [5.74, 6) is 0.505. The average Bonchev–Trinajstić information content (AvgIpc) is 2.78. The van der Waals surface area contributed by atoms with E-state index in [0.717, 1.165) is 11.4 Å². The van der Waals surface area contributed by atoms with Crippen molar-refractivity contribution in [2.24, 2.45) is 0 Å². The minimum Gasteiger partial charge on any atom is -0.460 e. The Morgan fingerprint density at radius 1 is 1.42 bits per heavy atom. The summed E-state index contributed by atoms with van der Waals surface area (Å²) in [5, 5.41) is 0. The molecule has 0 unspecified atom stereocenters. The number of nitrogens with two attached hydrogens (primary N) is 1. The van der Waals surface area contributed by atoms with Crippen molar-refractivity contribution in [3.63, 3.8) is 0 Å². The van der Waals surface area contributed by atoms with Crippen LogP contribution in [0.15, 0.2) is 30.6 Å². The maximum atomic E-state index is 11.9. The number of hydrogen-bond acceptors (Lipinski definition) is 4. The van der Waals surface area contributed by atoms with Crippen molar-refractivity contribution in [1.29, 1.82) is 0 Å². The summed E-state index contributed by atoms with van der Waals surface area (Å²) in [5.41, 5.74) is 7.60. The fourth-order valence-electron chi connectivity index (χ4n) is 1.80. The van der Waals surface area contributed by atoms with E-state index in [-0.39, 0.29) is 5.97 Å². The lowest BCUT2D eigenvalue weighted by Crippen LogP contribution is -2.13. The van der Waals surface area contributed by atoms with Gasteiger partial charge in [0, 0.05) is 18.1 Å². The Morgan fingerprint density at radius 3 is 2.89 bits per heavy atom. The highest BCUT2D eigenvalue weighted by atomic mass is 16.5. The lowest BCUT2D eigenvalue weighted by atomic mass is 10.1. The topological polar surface area (TPSA) is 70.1 Å². The van der Waals surface area contributed by atoms with E-state index in [9.17, 15) is 4.79 Å². The molecule has 1 heterocycles. The molecule has 19 heavy (non-hydrogen) atoms. The van der Waals surface area contributed by atoms with E-state index in [4.69, 9.17) is 10.5 Å². The molecule has 0 saturated heterocycles. The van der Waals surface area contributed by atoms with Crippen LogP contribution >= 0.6 is 0 Å². The van der Waals surface area contributed by atoms with Gasteiger partial charge in [0.2, 0.25) is 0 Å². The van der Waals surface area contributed by atoms with Gasteiger partial charge in [0.05, 0.1) is 12.1 Å². The molecular weight excluding hydrogens is 242 g/mol. The van der Waals surface area contributed by atoms with Crippen LogP contribution in [0, 0.1) is 13.8 Å². The van der Waals surface area contributed by atoms with Crippen molar-refractivity contribution in [2.75, 3.05) is 12.3 Å². The van der Waals surface area contributed by atoms with Crippen molar-refractivity contribution in [3.8, 4) is 0 Å². The largest absolute Gasteiger partial charge is 0.460 e. The molecule has 2 N–H and O–H groups in total. The number of carbonyl (C=O) groups excluding carboxylic acids is 1. The molecule has 0 aliphatic rings. The number of carbonyl (C=O) groups is 1. The standard InChI is InChI=1S/C14H17N3O2/c1-10-3-4-13(15)12(9-10)14(18)19-8-7-17-6-5-16-11(17)2/h3-6,9H,7-8,15H2,1-2H3. The van der Waals surface area contributed by atoms with Crippen molar-refractivity contribution >= 4 is 11.7 Å². The van der Waals surface area contributed by atoms with Crippen molar-refractivity contribution < 1.29 is 9.53 Å². The van der Waals surface area contributed by atoms with Crippen LogP contribution in [0.25, 0.3) is 0 Å². The smallest absolute Gasteiger partial charge is 0.340 e. The van der Waals surface area contributed by atoms with Gasteiger partial charge in [-0.05, 0) is 26.0 Å². The summed E-state index contributed by atoms with van der Waals surface area (Å²) < 4.78 is 7.15. The molecule has 0 spiro atoms. The first-order chi connectivity index (χ1) is 9.08. The van der Waals surface area contributed by atoms with Crippen LogP contribution in [0.2, 0.25) is 0 Å². The van der Waals surface area contributed by atoms with Crippen LogP contribution in [0.5, 0.6) is 0 Å². The maximum Gasteiger partial charge on any atom is 0.340 e. The second-order valence-electron chi connectivity index (χ2n) is 4.39. The van der Waals surface area contributed by atoms with Gasteiger partial charge in [-0.3, -0.25) is 0 Å². The van der Waals surface area contributed by atoms with Gasteiger partial charge in [-0.1, -0.05) is 11.6 Å². The van der Waals surface area contributed by atoms with Gasteiger partial charge in [0.15, 0.2) is 0 Å². The minimum atomic E-state index is -0.390. The first kappa shape index (κ1) is 13.1. The molecule has 0 radical (unpaired) electrons. The zero-order valence-electron chi connectivity index (χ0n) is 11.1. The van der Waals surface area contributed by atoms with E-state index >= 15 is 0 Å². The minimum absolute atomic E-state index is 0.295. The Balaban J connectivity index is 1.94. The molecule has 0 aliphatic carbocycles. The van der Waals surface area contributed by atoms with Crippen LogP contribution in [-0.4, -0.2) is 22.1 Å². The number of aromatic nitrogens is 2. The highest BCUT2D eigenvalue weighted by molar-refractivity contribution is 5.95. The second kappa shape index (κ2) is 5.56. The fourth-order valence-corrected chi connectivity index (χ4v) is 1.80. The van der Waals surface area contributed by atoms with Crippen LogP contribution in [0.3, 0.4) is 0 Å². The highest BCUT2D eigenvalue weighted by Gasteiger charge is 2.11. The predicted octanol–water partition coefficient (Wildman–Crippen LogP) is 1.94. The van der Waals surface area contributed by atoms with E-state index in [2.05, 4.69) is 4.98 Å². The molecule has 0 aliphatic heterocycles. The number of rotatable bonds is 4. The van der Waals surface area contributed by atoms with Gasteiger partial charge in [-0.2, -0.15) is 0 Å². The molecule has 1 aromatic carbocycles. The fraction of sp³-hybridized carbons (Fsp3) is 0.286. The summed E-state index contributed by atoms with van der Waals surface area (Å²) >= 11 is 0. The van der Waals surface area contributed by atoms with Gasteiger partial charge >= 0.3 is 5.97 Å². The summed E-state index contributed by atoms with van der Waals surface area (Å²) in [7, 11) is 0. The third-order valence-corrected chi connectivity index (χ3v) is 2.92. The number of aryl methyl sites for hydroxylation is 2. The Hall–Kier alpha value is -2.30. The quantitative estimate of drug-likeness (QED) is 0.673. The van der Waals surface area contributed by atoms with Gasteiger partial charge in [-0.15, -0.1) is 0 Å². The third kappa shape index (κ3) is 3.13. The number of nitrogens with zero attached hydrogens (tertiary/aromatic N) is 2. The number of anilines is 1. The van der Waals surface area contributed by atoms with Crippen molar-refractivity contribution in [2.45, 2.75) is 20.4 Å². The molecule has 0 atom stereocenters. The number of ether oxygens (including phenoxy) is 1. The zero-order valence-corrected chi connectivity index (χ0v) is 11.1. The molecule has 0 fully saturated rings. The summed E-state index contributed by atoms with van der Waals surface area (Å²) in [6, 6.07) is 5.31. The molecule has 100 valence electrons.